The molecule has 0 radical (unpaired) electrons. The number of guanidine groups is 4. The lowest BCUT2D eigenvalue weighted by Crippen LogP contribution is -2.59. The van der Waals surface area contributed by atoms with Crippen molar-refractivity contribution in [2.45, 2.75) is 127 Å². The van der Waals surface area contributed by atoms with E-state index in [0.29, 0.717) is 17.7 Å². The first-order valence-electron chi connectivity index (χ1n) is 32.4. The first-order chi connectivity index (χ1) is 47.0. The van der Waals surface area contributed by atoms with Crippen LogP contribution in [0.1, 0.15) is 88.7 Å². The number of ether oxygens (including phenoxy) is 3. The third-order valence-corrected chi connectivity index (χ3v) is 17.5. The number of fused-ring (bicyclic) bond motifs is 1. The van der Waals surface area contributed by atoms with E-state index >= 15 is 14.4 Å². The average Bonchev–Trinajstić information content (AvgIpc) is 0.927. The fraction of sp³-hybridized carbons (Fsp3) is 0.524. The SMILES string of the molecule is CCOCC(=O)NPPCC(=O)COCCOCCNC(=O)CC[C@@H]1NC(=O)[C@@H](CCCN=C(N)N)NC(=O)[C@H](CCCN=C(N)N)NC(=O)[C@@H](CCCN=C(N)N)NC(=O)[C@H](CCCN=C(N)N)NC(=O)[C@H](Cc2ccc3ccccc3c2)CC(=O)[C@@H](Cc2ccccc2)NC1=O. The molecule has 1 fully saturated rings. The molecule has 35 heteroatoms. The molecule has 2 unspecified atom stereocenters. The average molecular weight is 1410 g/mol. The number of benzene rings is 3. The fourth-order valence-corrected chi connectivity index (χ4v) is 12.2. The van der Waals surface area contributed by atoms with Crippen LogP contribution in [0.2, 0.25) is 0 Å². The molecule has 0 aromatic heterocycles. The maximum Gasteiger partial charge on any atom is 0.249 e. The van der Waals surface area contributed by atoms with Gasteiger partial charge in [-0.1, -0.05) is 81.1 Å². The summed E-state index contributed by atoms with van der Waals surface area (Å²) in [6.45, 7) is 2.22. The molecule has 0 bridgehead atoms. The van der Waals surface area contributed by atoms with Crippen LogP contribution >= 0.6 is 16.7 Å². The Morgan fingerprint density at radius 2 is 0.949 bits per heavy atom. The quantitative estimate of drug-likeness (QED) is 0.0119. The number of hydrogen-bond acceptors (Lipinski definition) is 17. The van der Waals surface area contributed by atoms with Crippen molar-refractivity contribution in [1.82, 2.24) is 42.3 Å². The molecule has 1 aliphatic heterocycles. The molecule has 3 aromatic rings. The Hall–Kier alpha value is -9.16. The molecule has 538 valence electrons. The number of nitrogens with two attached hydrogens (primary N) is 8. The predicted molar refractivity (Wildman–Crippen MR) is 377 cm³/mol. The molecule has 1 aliphatic rings. The van der Waals surface area contributed by atoms with E-state index in [0.717, 1.165) is 10.8 Å². The van der Waals surface area contributed by atoms with Crippen molar-refractivity contribution in [3.8, 4) is 0 Å². The molecule has 0 saturated carbocycles. The van der Waals surface area contributed by atoms with Gasteiger partial charge in [-0.25, -0.2) is 0 Å². The Balaban J connectivity index is 1.77. The zero-order valence-corrected chi connectivity index (χ0v) is 57.4. The van der Waals surface area contributed by atoms with Crippen molar-refractivity contribution < 1.29 is 62.2 Å². The summed E-state index contributed by atoms with van der Waals surface area (Å²) >= 11 is 0. The predicted octanol–water partition coefficient (Wildman–Crippen LogP) is -2.82. The summed E-state index contributed by atoms with van der Waals surface area (Å²) in [6, 6.07) is 13.1. The van der Waals surface area contributed by atoms with E-state index in [1.165, 1.54) is 0 Å². The van der Waals surface area contributed by atoms with Gasteiger partial charge in [0, 0.05) is 64.3 Å². The van der Waals surface area contributed by atoms with Crippen molar-refractivity contribution in [2.24, 2.45) is 71.8 Å². The van der Waals surface area contributed by atoms with Gasteiger partial charge in [-0.2, -0.15) is 0 Å². The molecule has 9 atom stereocenters. The van der Waals surface area contributed by atoms with E-state index < -0.39 is 95.7 Å². The van der Waals surface area contributed by atoms with Gasteiger partial charge in [0.2, 0.25) is 47.3 Å². The summed E-state index contributed by atoms with van der Waals surface area (Å²) < 4.78 is 16.1. The summed E-state index contributed by atoms with van der Waals surface area (Å²) in [5.74, 6) is -8.93. The standard InChI is InChI=1S/C63H98N20O13P2/c1-2-94-37-53(87)83-98-97-38-44(84)36-96-31-30-95-29-28-72-52(86)23-22-49-59(93)82-50(34-39-12-4-3-5-13-39)51(85)35-43(33-40-20-21-41-14-6-7-15-42(41)32-40)54(88)77-45(16-8-24-73-60(64)65)55(89)78-46(17-9-25-74-61(66)67)56(90)79-47(18-10-26-75-62(68)69)57(91)80-48(58(92)81-49)19-11-27-76-63(70)71/h3-7,12-15,20-21,32,43,45-50,97-98H,2,8-11,16-19,22-31,33-38H2,1H3,(H,72,86)(H,77,88)(H,78,89)(H,79,90)(H,80,91)(H,81,92)(H,82,93)(H,83,87)(H4,64,65,73)(H4,66,67,74)(H4,68,69,75)(H4,70,71,76)/t43-,45+,46-,47+,48-,49+,50-/m1/s1. The lowest BCUT2D eigenvalue weighted by atomic mass is 9.88. The van der Waals surface area contributed by atoms with E-state index in [1.807, 2.05) is 42.5 Å². The first-order valence-corrected chi connectivity index (χ1v) is 35.6. The van der Waals surface area contributed by atoms with Gasteiger partial charge in [0.15, 0.2) is 35.4 Å². The summed E-state index contributed by atoms with van der Waals surface area (Å²) in [7, 11) is 0.268. The van der Waals surface area contributed by atoms with Gasteiger partial charge in [0.25, 0.3) is 0 Å². The normalized spacial score (nSPS) is 19.2. The molecule has 0 spiro atoms. The molecule has 3 aromatic carbocycles. The van der Waals surface area contributed by atoms with Gasteiger partial charge in [-0.3, -0.25) is 67.9 Å². The van der Waals surface area contributed by atoms with Crippen LogP contribution in [0.25, 0.3) is 10.8 Å². The number of rotatable bonds is 38. The van der Waals surface area contributed by atoms with Crippen LogP contribution in [0.15, 0.2) is 92.8 Å². The van der Waals surface area contributed by atoms with E-state index in [2.05, 4.69) is 62.3 Å². The van der Waals surface area contributed by atoms with Gasteiger partial charge >= 0.3 is 0 Å². The minimum Gasteiger partial charge on any atom is -0.377 e. The number of nitrogens with zero attached hydrogens (tertiary/aromatic N) is 4. The zero-order chi connectivity index (χ0) is 71.6. The van der Waals surface area contributed by atoms with Gasteiger partial charge in [0.05, 0.1) is 25.9 Å². The third kappa shape index (κ3) is 33.7. The third-order valence-electron chi connectivity index (χ3n) is 14.9. The van der Waals surface area contributed by atoms with E-state index in [9.17, 15) is 33.6 Å². The number of amides is 8. The van der Waals surface area contributed by atoms with Gasteiger partial charge in [-0.05, 0) is 108 Å². The Kier molecular flexibility index (Phi) is 38.3. The maximum atomic E-state index is 15.3. The molecule has 98 heavy (non-hydrogen) atoms. The Bertz CT molecular complexity index is 3200. The number of hydrogen-bond donors (Lipinski definition) is 16. The highest BCUT2D eigenvalue weighted by atomic mass is 32.0. The molecule has 24 N–H and O–H groups in total. The van der Waals surface area contributed by atoms with Crippen LogP contribution in [0, 0.1) is 5.92 Å². The Labute approximate surface area is 573 Å². The largest absolute Gasteiger partial charge is 0.377 e. The van der Waals surface area contributed by atoms with Crippen LogP contribution in [-0.4, -0.2) is 197 Å². The molecule has 8 amide bonds. The molecule has 33 nitrogen and oxygen atoms in total. The second kappa shape index (κ2) is 46.1. The Morgan fingerprint density at radius 1 is 0.490 bits per heavy atom. The van der Waals surface area contributed by atoms with Crippen LogP contribution in [0.4, 0.5) is 0 Å². The molecule has 4 rings (SSSR count). The molecule has 1 saturated heterocycles. The van der Waals surface area contributed by atoms with Crippen LogP contribution < -0.4 is 88.2 Å². The number of Topliss-reactive ketones (excluding diaryl/α,β-unsaturated/α-hetero) is 2. The van der Waals surface area contributed by atoms with Crippen LogP contribution in [0.5, 0.6) is 0 Å². The summed E-state index contributed by atoms with van der Waals surface area (Å²) in [5, 5.41) is 23.8. The first kappa shape index (κ1) is 81.3. The smallest absolute Gasteiger partial charge is 0.249 e. The molecular formula is C63H98N20O13P2. The monoisotopic (exact) mass is 1400 g/mol. The van der Waals surface area contributed by atoms with Crippen molar-refractivity contribution in [3.63, 3.8) is 0 Å². The molecule has 1 heterocycles. The van der Waals surface area contributed by atoms with E-state index in [4.69, 9.17) is 60.1 Å². The van der Waals surface area contributed by atoms with Crippen molar-refractivity contribution in [2.75, 3.05) is 78.5 Å². The van der Waals surface area contributed by atoms with Crippen molar-refractivity contribution >= 4 is 110 Å². The summed E-state index contributed by atoms with van der Waals surface area (Å²) in [4.78, 5) is 158. The topological polar surface area (TPSA) is 552 Å². The minimum atomic E-state index is -1.58. The van der Waals surface area contributed by atoms with E-state index in [-0.39, 0.29) is 201 Å². The van der Waals surface area contributed by atoms with Crippen molar-refractivity contribution in [3.05, 3.63) is 83.9 Å². The summed E-state index contributed by atoms with van der Waals surface area (Å²) in [6.07, 6.45) is -1.21. The molecule has 0 aliphatic carbocycles. The van der Waals surface area contributed by atoms with Crippen LogP contribution in [0.3, 0.4) is 0 Å². The lowest BCUT2D eigenvalue weighted by Gasteiger charge is -2.27. The number of carbonyl (C=O) groups is 10. The number of carbonyl (C=O) groups excluding carboxylic acids is 10. The van der Waals surface area contributed by atoms with Gasteiger partial charge in [-0.15, -0.1) is 0 Å². The van der Waals surface area contributed by atoms with Gasteiger partial charge in [0.1, 0.15) is 43.4 Å². The van der Waals surface area contributed by atoms with Gasteiger partial charge < -0.3 is 102 Å². The van der Waals surface area contributed by atoms with Crippen LogP contribution in [-0.2, 0) is 75.0 Å². The highest BCUT2D eigenvalue weighted by Crippen LogP contribution is 2.32. The Morgan fingerprint density at radius 3 is 1.45 bits per heavy atom. The second-order valence-corrected chi connectivity index (χ2v) is 25.9. The number of nitrogens with one attached hydrogen (secondary N) is 8. The minimum absolute atomic E-state index is 0.00185. The fourth-order valence-electron chi connectivity index (χ4n) is 9.97. The highest BCUT2D eigenvalue weighted by Gasteiger charge is 2.36. The zero-order valence-electron chi connectivity index (χ0n) is 55.4. The second-order valence-electron chi connectivity index (χ2n) is 22.9. The summed E-state index contributed by atoms with van der Waals surface area (Å²) in [5.41, 5.74) is 46.3. The van der Waals surface area contributed by atoms with Crippen molar-refractivity contribution in [1.29, 1.82) is 0 Å². The highest BCUT2D eigenvalue weighted by molar-refractivity contribution is 8.11. The number of aliphatic imine (C=N–C) groups is 4. The number of ketones is 2. The lowest BCUT2D eigenvalue weighted by molar-refractivity contribution is -0.135. The molecular weight excluding hydrogens is 1310 g/mol. The van der Waals surface area contributed by atoms with E-state index in [1.54, 1.807) is 37.3 Å². The maximum absolute atomic E-state index is 15.3.